The first kappa shape index (κ1) is 23.4. The molecule has 9 nitrogen and oxygen atoms in total. The number of morpholine rings is 1. The molecule has 3 heterocycles. The Bertz CT molecular complexity index is 1030. The first-order chi connectivity index (χ1) is 14.8. The van der Waals surface area contributed by atoms with E-state index in [1.54, 1.807) is 4.31 Å². The minimum atomic E-state index is -3.41. The molecule has 0 bridgehead atoms. The maximum atomic E-state index is 12.9. The Balaban J connectivity index is 0.000000858. The molecule has 1 N–H and O–H groups in total. The third-order valence-electron chi connectivity index (χ3n) is 5.88. The number of pyridine rings is 1. The quantitative estimate of drug-likeness (QED) is 0.708. The second-order valence-corrected chi connectivity index (χ2v) is 9.64. The molecule has 0 amide bonds. The lowest BCUT2D eigenvalue weighted by Gasteiger charge is -2.38. The number of aryl methyl sites for hydroxylation is 3. The Morgan fingerprint density at radius 2 is 1.55 bits per heavy atom. The number of piperazine rings is 1. The van der Waals surface area contributed by atoms with E-state index < -0.39 is 10.2 Å². The fourth-order valence-corrected chi connectivity index (χ4v) is 5.49. The van der Waals surface area contributed by atoms with Crippen molar-refractivity contribution in [2.24, 2.45) is 0 Å². The predicted octanol–water partition coefficient (Wildman–Crippen LogP) is 1.56. The maximum Gasteiger partial charge on any atom is 0.290 e. The van der Waals surface area contributed by atoms with Crippen LogP contribution in [0.15, 0.2) is 18.2 Å². The summed E-state index contributed by atoms with van der Waals surface area (Å²) in [5.41, 5.74) is 4.68. The number of hydrogen-bond acceptors (Lipinski definition) is 6. The van der Waals surface area contributed by atoms with Gasteiger partial charge in [-0.25, -0.2) is 4.98 Å². The molecule has 0 atom stereocenters. The summed E-state index contributed by atoms with van der Waals surface area (Å²) >= 11 is 0. The molecule has 0 saturated carbocycles. The number of carbonyl (C=O) groups is 1. The van der Waals surface area contributed by atoms with Crippen molar-refractivity contribution in [2.45, 2.75) is 20.8 Å². The van der Waals surface area contributed by atoms with E-state index in [9.17, 15) is 8.42 Å². The van der Waals surface area contributed by atoms with Crippen LogP contribution in [0.25, 0.3) is 10.9 Å². The van der Waals surface area contributed by atoms with E-state index in [1.807, 2.05) is 0 Å². The van der Waals surface area contributed by atoms with Crippen molar-refractivity contribution < 1.29 is 23.1 Å². The zero-order valence-electron chi connectivity index (χ0n) is 18.2. The van der Waals surface area contributed by atoms with Gasteiger partial charge in [0.05, 0.1) is 18.7 Å². The van der Waals surface area contributed by atoms with Crippen LogP contribution in [0.3, 0.4) is 0 Å². The normalized spacial score (nSPS) is 18.5. The highest BCUT2D eigenvalue weighted by Crippen LogP contribution is 2.27. The molecule has 31 heavy (non-hydrogen) atoms. The summed E-state index contributed by atoms with van der Waals surface area (Å²) < 4.78 is 34.1. The lowest BCUT2D eigenvalue weighted by atomic mass is 10.0. The van der Waals surface area contributed by atoms with E-state index in [0.717, 1.165) is 11.3 Å². The van der Waals surface area contributed by atoms with Crippen LogP contribution in [0.1, 0.15) is 16.7 Å². The number of hydrogen-bond donors (Lipinski definition) is 1. The molecule has 0 radical (unpaired) electrons. The van der Waals surface area contributed by atoms with E-state index in [-0.39, 0.29) is 6.47 Å². The smallest absolute Gasteiger partial charge is 0.290 e. The van der Waals surface area contributed by atoms with Gasteiger partial charge in [0.2, 0.25) is 0 Å². The number of nitrogens with zero attached hydrogens (tertiary/aromatic N) is 4. The lowest BCUT2D eigenvalue weighted by molar-refractivity contribution is -0.122. The second kappa shape index (κ2) is 9.90. The van der Waals surface area contributed by atoms with Crippen LogP contribution < -0.4 is 4.90 Å². The Labute approximate surface area is 183 Å². The summed E-state index contributed by atoms with van der Waals surface area (Å²) in [6.45, 7) is 10.1. The average Bonchev–Trinajstić information content (AvgIpc) is 2.77. The van der Waals surface area contributed by atoms with Crippen molar-refractivity contribution in [3.05, 3.63) is 34.9 Å². The highest BCUT2D eigenvalue weighted by Gasteiger charge is 2.33. The molecule has 2 aliphatic heterocycles. The Kier molecular flexibility index (Phi) is 7.47. The summed E-state index contributed by atoms with van der Waals surface area (Å²) in [6, 6.07) is 6.39. The molecule has 4 rings (SSSR count). The third-order valence-corrected chi connectivity index (χ3v) is 7.92. The SMILES string of the molecule is Cc1ccc2c(C)cc(N3CCN(S(=O)(=O)N4CCOCC4)CC3)nc2c1C.O=CO. The summed E-state index contributed by atoms with van der Waals surface area (Å²) in [4.78, 5) is 15.5. The van der Waals surface area contributed by atoms with Gasteiger partial charge in [0.15, 0.2) is 0 Å². The van der Waals surface area contributed by atoms with Crippen LogP contribution in [0.5, 0.6) is 0 Å². The van der Waals surface area contributed by atoms with E-state index >= 15 is 0 Å². The molecule has 2 saturated heterocycles. The van der Waals surface area contributed by atoms with Crippen LogP contribution in [-0.4, -0.2) is 86.1 Å². The van der Waals surface area contributed by atoms with Crippen LogP contribution in [0.2, 0.25) is 0 Å². The molecule has 10 heteroatoms. The Hall–Kier alpha value is -2.27. The van der Waals surface area contributed by atoms with Crippen molar-refractivity contribution >= 4 is 33.4 Å². The van der Waals surface area contributed by atoms with Crippen molar-refractivity contribution in [3.8, 4) is 0 Å². The highest BCUT2D eigenvalue weighted by atomic mass is 32.2. The minimum Gasteiger partial charge on any atom is -0.483 e. The molecule has 2 aromatic rings. The standard InChI is InChI=1S/C20H28N4O3S.CH2O2/c1-15-4-5-18-16(2)14-19(21-20(18)17(15)3)22-6-8-23(9-7-22)28(25,26)24-10-12-27-13-11-24;2-1-3/h4-5,14H,6-13H2,1-3H3;1H,(H,2,3). The number of aromatic nitrogens is 1. The number of rotatable bonds is 3. The van der Waals surface area contributed by atoms with E-state index in [1.165, 1.54) is 26.4 Å². The van der Waals surface area contributed by atoms with Crippen molar-refractivity contribution in [3.63, 3.8) is 0 Å². The van der Waals surface area contributed by atoms with Gasteiger partial charge in [0, 0.05) is 44.7 Å². The Morgan fingerprint density at radius 3 is 2.16 bits per heavy atom. The molecule has 0 unspecified atom stereocenters. The topological polar surface area (TPSA) is 103 Å². The molecule has 1 aromatic carbocycles. The molecule has 2 aliphatic rings. The number of benzene rings is 1. The highest BCUT2D eigenvalue weighted by molar-refractivity contribution is 7.86. The van der Waals surface area contributed by atoms with Crippen LogP contribution in [0.4, 0.5) is 5.82 Å². The zero-order chi connectivity index (χ0) is 22.6. The number of ether oxygens (including phenoxy) is 1. The van der Waals surface area contributed by atoms with E-state index in [2.05, 4.69) is 43.9 Å². The van der Waals surface area contributed by atoms with Crippen LogP contribution >= 0.6 is 0 Å². The zero-order valence-corrected chi connectivity index (χ0v) is 19.1. The van der Waals surface area contributed by atoms with Crippen molar-refractivity contribution in [1.82, 2.24) is 13.6 Å². The van der Waals surface area contributed by atoms with Gasteiger partial charge in [-0.15, -0.1) is 0 Å². The maximum absolute atomic E-state index is 12.9. The fraction of sp³-hybridized carbons (Fsp3) is 0.524. The Morgan fingerprint density at radius 1 is 0.968 bits per heavy atom. The first-order valence-electron chi connectivity index (χ1n) is 10.3. The predicted molar refractivity (Wildman–Crippen MR) is 120 cm³/mol. The lowest BCUT2D eigenvalue weighted by Crippen LogP contribution is -2.55. The van der Waals surface area contributed by atoms with E-state index in [4.69, 9.17) is 19.6 Å². The summed E-state index contributed by atoms with van der Waals surface area (Å²) in [5.74, 6) is 0.933. The molecule has 1 aromatic heterocycles. The van der Waals surface area contributed by atoms with Crippen molar-refractivity contribution in [1.29, 1.82) is 0 Å². The van der Waals surface area contributed by atoms with Gasteiger partial charge in [-0.2, -0.15) is 17.0 Å². The molecular weight excluding hydrogens is 420 g/mol. The first-order valence-corrected chi connectivity index (χ1v) is 11.7. The monoisotopic (exact) mass is 450 g/mol. The number of anilines is 1. The number of carboxylic acid groups (broad SMARTS) is 1. The number of fused-ring (bicyclic) bond motifs is 1. The largest absolute Gasteiger partial charge is 0.483 e. The van der Waals surface area contributed by atoms with Gasteiger partial charge in [0.1, 0.15) is 5.82 Å². The molecule has 0 spiro atoms. The average molecular weight is 451 g/mol. The van der Waals surface area contributed by atoms with Crippen LogP contribution in [0, 0.1) is 20.8 Å². The van der Waals surface area contributed by atoms with Crippen LogP contribution in [-0.2, 0) is 19.7 Å². The van der Waals surface area contributed by atoms with Gasteiger partial charge in [0.25, 0.3) is 16.7 Å². The van der Waals surface area contributed by atoms with Gasteiger partial charge >= 0.3 is 0 Å². The second-order valence-electron chi connectivity index (χ2n) is 7.71. The molecule has 0 aliphatic carbocycles. The van der Waals surface area contributed by atoms with Gasteiger partial charge in [-0.3, -0.25) is 4.79 Å². The third kappa shape index (κ3) is 4.98. The molecule has 2 fully saturated rings. The summed E-state index contributed by atoms with van der Waals surface area (Å²) in [7, 11) is -3.41. The van der Waals surface area contributed by atoms with Crippen molar-refractivity contribution in [2.75, 3.05) is 57.4 Å². The van der Waals surface area contributed by atoms with Gasteiger partial charge in [-0.05, 0) is 43.5 Å². The van der Waals surface area contributed by atoms with E-state index in [0.29, 0.717) is 52.5 Å². The molecule has 170 valence electrons. The minimum absolute atomic E-state index is 0.250. The molecular formula is C21H30N4O5S. The van der Waals surface area contributed by atoms with Gasteiger partial charge < -0.3 is 14.7 Å². The van der Waals surface area contributed by atoms with Gasteiger partial charge in [-0.1, -0.05) is 12.1 Å². The summed E-state index contributed by atoms with van der Waals surface area (Å²) in [6.07, 6.45) is 0. The summed E-state index contributed by atoms with van der Waals surface area (Å²) in [5, 5.41) is 8.07. The fourth-order valence-electron chi connectivity index (χ4n) is 3.93.